The summed E-state index contributed by atoms with van der Waals surface area (Å²) in [5.74, 6) is -0.628. The van der Waals surface area contributed by atoms with Crippen LogP contribution in [0.2, 0.25) is 0 Å². The molecule has 1 N–H and O–H groups in total. The number of nitrogens with zero attached hydrogens (tertiary/aromatic N) is 1. The van der Waals surface area contributed by atoms with Crippen molar-refractivity contribution < 1.29 is 14.0 Å². The molecule has 0 spiro atoms. The maximum Gasteiger partial charge on any atom is 0.293 e. The van der Waals surface area contributed by atoms with Crippen LogP contribution in [-0.2, 0) is 4.84 Å². The van der Waals surface area contributed by atoms with E-state index in [1.54, 1.807) is 0 Å². The summed E-state index contributed by atoms with van der Waals surface area (Å²) >= 11 is 0. The smallest absolute Gasteiger partial charge is 0.273 e. The topological polar surface area (TPSA) is 51.2 Å². The number of hydrogen-bond acceptors (Lipinski definition) is 3. The normalized spacial score (nSPS) is 10.4. The lowest BCUT2D eigenvalue weighted by Crippen LogP contribution is -2.26. The van der Waals surface area contributed by atoms with Crippen LogP contribution in [0.15, 0.2) is 18.3 Å². The monoisotopic (exact) mass is 212 g/mol. The molecule has 1 rings (SSSR count). The van der Waals surface area contributed by atoms with Crippen LogP contribution < -0.4 is 5.48 Å². The zero-order valence-electron chi connectivity index (χ0n) is 8.66. The largest absolute Gasteiger partial charge is 0.293 e. The van der Waals surface area contributed by atoms with Gasteiger partial charge < -0.3 is 0 Å². The molecule has 1 aromatic rings. The summed E-state index contributed by atoms with van der Waals surface area (Å²) < 4.78 is 12.5. The summed E-state index contributed by atoms with van der Waals surface area (Å²) in [4.78, 5) is 19.8. The van der Waals surface area contributed by atoms with Crippen LogP contribution in [0.5, 0.6) is 0 Å². The zero-order valence-corrected chi connectivity index (χ0v) is 8.66. The number of carbonyl (C=O) groups excluding carboxylic acids is 1. The van der Waals surface area contributed by atoms with Crippen LogP contribution in [0, 0.1) is 11.7 Å². The van der Waals surface area contributed by atoms with Gasteiger partial charge in [-0.1, -0.05) is 13.8 Å². The van der Waals surface area contributed by atoms with Crippen LogP contribution in [0.4, 0.5) is 4.39 Å². The summed E-state index contributed by atoms with van der Waals surface area (Å²) in [6.07, 6.45) is 0.983. The molecule has 0 aliphatic heterocycles. The predicted molar refractivity (Wildman–Crippen MR) is 52.5 cm³/mol. The molecule has 1 amide bonds. The fraction of sp³-hybridized carbons (Fsp3) is 0.400. The van der Waals surface area contributed by atoms with E-state index in [0.29, 0.717) is 12.5 Å². The van der Waals surface area contributed by atoms with E-state index in [9.17, 15) is 9.18 Å². The Balaban J connectivity index is 2.43. The van der Waals surface area contributed by atoms with Gasteiger partial charge in [-0.3, -0.25) is 9.63 Å². The molecule has 0 aromatic carbocycles. The number of amides is 1. The fourth-order valence-electron chi connectivity index (χ4n) is 0.836. The molecule has 0 bridgehead atoms. The van der Waals surface area contributed by atoms with Gasteiger partial charge in [0.25, 0.3) is 5.91 Å². The van der Waals surface area contributed by atoms with Gasteiger partial charge >= 0.3 is 0 Å². The lowest BCUT2D eigenvalue weighted by atomic mass is 10.2. The van der Waals surface area contributed by atoms with E-state index >= 15 is 0 Å². The minimum Gasteiger partial charge on any atom is -0.273 e. The molecule has 0 unspecified atom stereocenters. The van der Waals surface area contributed by atoms with E-state index in [1.165, 1.54) is 12.1 Å². The Morgan fingerprint density at radius 2 is 2.33 bits per heavy atom. The lowest BCUT2D eigenvalue weighted by Gasteiger charge is -2.06. The maximum atomic E-state index is 12.5. The van der Waals surface area contributed by atoms with E-state index in [2.05, 4.69) is 10.5 Å². The molecule has 15 heavy (non-hydrogen) atoms. The summed E-state index contributed by atoms with van der Waals surface area (Å²) in [7, 11) is 0. The number of rotatable bonds is 4. The number of aromatic nitrogens is 1. The Kier molecular flexibility index (Phi) is 4.17. The van der Waals surface area contributed by atoms with Gasteiger partial charge in [0.1, 0.15) is 11.5 Å². The zero-order chi connectivity index (χ0) is 11.3. The van der Waals surface area contributed by atoms with Crippen molar-refractivity contribution in [2.75, 3.05) is 6.61 Å². The molecule has 0 atom stereocenters. The van der Waals surface area contributed by atoms with Crippen molar-refractivity contribution in [3.63, 3.8) is 0 Å². The van der Waals surface area contributed by atoms with Gasteiger partial charge in [0, 0.05) is 0 Å². The fourth-order valence-corrected chi connectivity index (χ4v) is 0.836. The van der Waals surface area contributed by atoms with Crippen molar-refractivity contribution >= 4 is 5.91 Å². The second kappa shape index (κ2) is 5.41. The van der Waals surface area contributed by atoms with Gasteiger partial charge in [0.2, 0.25) is 0 Å². The van der Waals surface area contributed by atoms with E-state index in [-0.39, 0.29) is 5.69 Å². The first-order valence-electron chi connectivity index (χ1n) is 4.63. The average molecular weight is 212 g/mol. The molecule has 4 nitrogen and oxygen atoms in total. The molecule has 0 saturated carbocycles. The number of hydroxylamine groups is 1. The summed E-state index contributed by atoms with van der Waals surface area (Å²) in [6.45, 7) is 4.34. The first-order valence-corrected chi connectivity index (χ1v) is 4.63. The van der Waals surface area contributed by atoms with Crippen molar-refractivity contribution in [3.05, 3.63) is 29.8 Å². The van der Waals surface area contributed by atoms with Crippen molar-refractivity contribution in [1.29, 1.82) is 0 Å². The average Bonchev–Trinajstić information content (AvgIpc) is 2.18. The highest BCUT2D eigenvalue weighted by Gasteiger charge is 2.06. The third-order valence-electron chi connectivity index (χ3n) is 1.54. The van der Waals surface area contributed by atoms with Gasteiger partial charge in [0.05, 0.1) is 12.8 Å². The van der Waals surface area contributed by atoms with Gasteiger partial charge in [0.15, 0.2) is 0 Å². The van der Waals surface area contributed by atoms with E-state index in [1.807, 2.05) is 13.8 Å². The Labute approximate surface area is 87.4 Å². The lowest BCUT2D eigenvalue weighted by molar-refractivity contribution is 0.0204. The molecule has 0 saturated heterocycles. The van der Waals surface area contributed by atoms with Crippen molar-refractivity contribution in [3.8, 4) is 0 Å². The standard InChI is InChI=1S/C10H13FN2O2/c1-7(2)6-15-13-10(14)9-4-3-8(11)5-12-9/h3-5,7H,6H2,1-2H3,(H,13,14). The van der Waals surface area contributed by atoms with E-state index in [4.69, 9.17) is 4.84 Å². The van der Waals surface area contributed by atoms with E-state index < -0.39 is 11.7 Å². The van der Waals surface area contributed by atoms with Crippen LogP contribution in [0.1, 0.15) is 24.3 Å². The van der Waals surface area contributed by atoms with Gasteiger partial charge in [-0.15, -0.1) is 0 Å². The molecule has 1 aromatic heterocycles. The minimum atomic E-state index is -0.477. The quantitative estimate of drug-likeness (QED) is 0.770. The number of carbonyl (C=O) groups is 1. The Morgan fingerprint density at radius 1 is 1.60 bits per heavy atom. The molecular weight excluding hydrogens is 199 g/mol. The van der Waals surface area contributed by atoms with Crippen LogP contribution >= 0.6 is 0 Å². The molecule has 82 valence electrons. The second-order valence-electron chi connectivity index (χ2n) is 3.50. The van der Waals surface area contributed by atoms with Crippen molar-refractivity contribution in [2.45, 2.75) is 13.8 Å². The number of hydrogen-bond donors (Lipinski definition) is 1. The Hall–Kier alpha value is -1.49. The summed E-state index contributed by atoms with van der Waals surface area (Å²) in [6, 6.07) is 2.47. The van der Waals surface area contributed by atoms with Gasteiger partial charge in [-0.25, -0.2) is 14.9 Å². The molecule has 0 aliphatic rings. The second-order valence-corrected chi connectivity index (χ2v) is 3.50. The SMILES string of the molecule is CC(C)CONC(=O)c1ccc(F)cn1. The molecule has 0 fully saturated rings. The molecule has 1 heterocycles. The molecular formula is C10H13FN2O2. The highest BCUT2D eigenvalue weighted by Crippen LogP contribution is 1.98. The maximum absolute atomic E-state index is 12.5. The van der Waals surface area contributed by atoms with Gasteiger partial charge in [-0.05, 0) is 18.1 Å². The minimum absolute atomic E-state index is 0.125. The van der Waals surface area contributed by atoms with Crippen LogP contribution in [0.3, 0.4) is 0 Å². The third kappa shape index (κ3) is 4.03. The molecule has 0 radical (unpaired) electrons. The number of nitrogens with one attached hydrogen (secondary N) is 1. The van der Waals surface area contributed by atoms with Crippen molar-refractivity contribution in [2.24, 2.45) is 5.92 Å². The van der Waals surface area contributed by atoms with E-state index in [0.717, 1.165) is 6.20 Å². The van der Waals surface area contributed by atoms with Gasteiger partial charge in [-0.2, -0.15) is 0 Å². The molecule has 5 heteroatoms. The Bertz CT molecular complexity index is 325. The third-order valence-corrected chi connectivity index (χ3v) is 1.54. The molecule has 0 aliphatic carbocycles. The number of pyridine rings is 1. The Morgan fingerprint density at radius 3 is 2.87 bits per heavy atom. The highest BCUT2D eigenvalue weighted by molar-refractivity contribution is 5.91. The highest BCUT2D eigenvalue weighted by atomic mass is 19.1. The first-order chi connectivity index (χ1) is 7.09. The van der Waals surface area contributed by atoms with Crippen molar-refractivity contribution in [1.82, 2.24) is 10.5 Å². The summed E-state index contributed by atoms with van der Waals surface area (Å²) in [5.41, 5.74) is 2.35. The first kappa shape index (κ1) is 11.6. The van der Waals surface area contributed by atoms with Crippen LogP contribution in [0.25, 0.3) is 0 Å². The number of halogens is 1. The van der Waals surface area contributed by atoms with Crippen LogP contribution in [-0.4, -0.2) is 17.5 Å². The predicted octanol–water partition coefficient (Wildman–Crippen LogP) is 1.54. The summed E-state index contributed by atoms with van der Waals surface area (Å²) in [5, 5.41) is 0.